The summed E-state index contributed by atoms with van der Waals surface area (Å²) >= 11 is 0. The molecule has 7 nitrogen and oxygen atoms in total. The summed E-state index contributed by atoms with van der Waals surface area (Å²) in [5.41, 5.74) is 0. The van der Waals surface area contributed by atoms with E-state index in [2.05, 4.69) is 16.9 Å². The van der Waals surface area contributed by atoms with Crippen LogP contribution in [0.4, 0.5) is 4.79 Å². The minimum absolute atomic E-state index is 0.153. The summed E-state index contributed by atoms with van der Waals surface area (Å²) in [6, 6.07) is 2.80. The van der Waals surface area contributed by atoms with Crippen molar-refractivity contribution in [3.8, 4) is 0 Å². The lowest BCUT2D eigenvalue weighted by Crippen LogP contribution is -2.49. The number of hydrogen-bond donors (Lipinski definition) is 1. The third-order valence-electron chi connectivity index (χ3n) is 3.25. The summed E-state index contributed by atoms with van der Waals surface area (Å²) in [5.74, 6) is 0.285. The normalized spacial score (nSPS) is 19.4. The van der Waals surface area contributed by atoms with Gasteiger partial charge in [-0.25, -0.2) is 13.2 Å². The van der Waals surface area contributed by atoms with E-state index < -0.39 is 16.1 Å². The average Bonchev–Trinajstić information content (AvgIpc) is 2.47. The van der Waals surface area contributed by atoms with Crippen LogP contribution in [0.2, 0.25) is 0 Å². The smallest absolute Gasteiger partial charge is 0.412 e. The molecule has 1 fully saturated rings. The van der Waals surface area contributed by atoms with E-state index in [1.165, 1.54) is 22.8 Å². The van der Waals surface area contributed by atoms with Crippen LogP contribution >= 0.6 is 0 Å². The van der Waals surface area contributed by atoms with Gasteiger partial charge in [-0.05, 0) is 31.9 Å². The minimum atomic E-state index is -3.59. The van der Waals surface area contributed by atoms with Gasteiger partial charge in [0.1, 0.15) is 4.90 Å². The number of hydrogen-bond acceptors (Lipinski definition) is 5. The largest absolute Gasteiger partial charge is 0.416 e. The Hall–Kier alpha value is -1.93. The van der Waals surface area contributed by atoms with Crippen LogP contribution in [0.3, 0.4) is 0 Å². The molecule has 1 amide bonds. The van der Waals surface area contributed by atoms with Crippen molar-refractivity contribution in [1.82, 2.24) is 14.6 Å². The number of carbonyl (C=O) groups is 1. The highest BCUT2D eigenvalue weighted by Crippen LogP contribution is 2.20. The van der Waals surface area contributed by atoms with Crippen molar-refractivity contribution >= 4 is 16.1 Å². The second kappa shape index (κ2) is 6.89. The lowest BCUT2D eigenvalue weighted by molar-refractivity contribution is 0.165. The molecule has 0 aliphatic carbocycles. The number of pyridine rings is 1. The van der Waals surface area contributed by atoms with Gasteiger partial charge in [-0.2, -0.15) is 4.31 Å². The second-order valence-electron chi connectivity index (χ2n) is 5.13. The highest BCUT2D eigenvalue weighted by Gasteiger charge is 2.31. The molecule has 1 unspecified atom stereocenters. The predicted molar refractivity (Wildman–Crippen MR) is 80.4 cm³/mol. The van der Waals surface area contributed by atoms with Gasteiger partial charge in [-0.3, -0.25) is 4.98 Å². The first-order valence-corrected chi connectivity index (χ1v) is 8.37. The fourth-order valence-electron chi connectivity index (χ4n) is 2.28. The number of nitrogens with zero attached hydrogens (tertiary/aromatic N) is 2. The summed E-state index contributed by atoms with van der Waals surface area (Å²) in [6.45, 7) is 5.69. The van der Waals surface area contributed by atoms with Gasteiger partial charge in [-0.15, -0.1) is 0 Å². The number of sulfonamides is 1. The van der Waals surface area contributed by atoms with Crippen molar-refractivity contribution in [2.24, 2.45) is 0 Å². The highest BCUT2D eigenvalue weighted by molar-refractivity contribution is 7.89. The Kier molecular flexibility index (Phi) is 5.15. The van der Waals surface area contributed by atoms with Crippen molar-refractivity contribution in [2.75, 3.05) is 13.1 Å². The van der Waals surface area contributed by atoms with Crippen LogP contribution in [0.1, 0.15) is 19.8 Å². The number of rotatable bonds is 4. The van der Waals surface area contributed by atoms with Crippen LogP contribution in [0.25, 0.3) is 0 Å². The van der Waals surface area contributed by atoms with E-state index in [9.17, 15) is 13.2 Å². The van der Waals surface area contributed by atoms with E-state index >= 15 is 0 Å². The molecule has 0 radical (unpaired) electrons. The quantitative estimate of drug-likeness (QED) is 0.847. The summed E-state index contributed by atoms with van der Waals surface area (Å²) in [6.07, 6.45) is 3.59. The van der Waals surface area contributed by atoms with Gasteiger partial charge in [-0.1, -0.05) is 6.58 Å². The van der Waals surface area contributed by atoms with Gasteiger partial charge < -0.3 is 10.1 Å². The molecule has 0 bridgehead atoms. The van der Waals surface area contributed by atoms with Gasteiger partial charge in [0.05, 0.1) is 5.76 Å². The molecule has 1 aromatic heterocycles. The zero-order chi connectivity index (χ0) is 16.2. The molecule has 0 spiro atoms. The molecule has 2 rings (SSSR count). The molecule has 0 saturated carbocycles. The minimum Gasteiger partial charge on any atom is -0.416 e. The van der Waals surface area contributed by atoms with E-state index in [4.69, 9.17) is 4.74 Å². The van der Waals surface area contributed by atoms with E-state index in [0.29, 0.717) is 19.4 Å². The molecule has 1 N–H and O–H groups in total. The number of alkyl carbamates (subject to hydrolysis) is 1. The Morgan fingerprint density at radius 3 is 2.95 bits per heavy atom. The Labute approximate surface area is 130 Å². The lowest BCUT2D eigenvalue weighted by Gasteiger charge is -2.32. The average molecular weight is 325 g/mol. The van der Waals surface area contributed by atoms with Crippen molar-refractivity contribution in [2.45, 2.75) is 30.7 Å². The van der Waals surface area contributed by atoms with Gasteiger partial charge in [0, 0.05) is 31.5 Å². The SMILES string of the molecule is C=C(C)OC(=O)NC1CCCN(S(=O)(=O)c2cccnc2)C1. The summed E-state index contributed by atoms with van der Waals surface area (Å²) in [4.78, 5) is 15.6. The molecule has 120 valence electrons. The van der Waals surface area contributed by atoms with Crippen molar-refractivity contribution in [3.05, 3.63) is 36.9 Å². The Morgan fingerprint density at radius 2 is 2.32 bits per heavy atom. The zero-order valence-electron chi connectivity index (χ0n) is 12.4. The molecule has 8 heteroatoms. The van der Waals surface area contributed by atoms with Gasteiger partial charge in [0.15, 0.2) is 0 Å². The number of carbonyl (C=O) groups excluding carboxylic acids is 1. The number of nitrogens with one attached hydrogen (secondary N) is 1. The highest BCUT2D eigenvalue weighted by atomic mass is 32.2. The van der Waals surface area contributed by atoms with Crippen molar-refractivity contribution in [1.29, 1.82) is 0 Å². The standard InChI is InChI=1S/C14H19N3O4S/c1-11(2)21-14(18)16-12-5-4-8-17(10-12)22(19,20)13-6-3-7-15-9-13/h3,6-7,9,12H,1,4-5,8,10H2,2H3,(H,16,18). The monoisotopic (exact) mass is 325 g/mol. The number of amides is 1. The first kappa shape index (κ1) is 16.4. The van der Waals surface area contributed by atoms with Gasteiger partial charge >= 0.3 is 6.09 Å². The van der Waals surface area contributed by atoms with Gasteiger partial charge in [0.2, 0.25) is 10.0 Å². The van der Waals surface area contributed by atoms with Crippen molar-refractivity contribution in [3.63, 3.8) is 0 Å². The predicted octanol–water partition coefficient (Wildman–Crippen LogP) is 1.49. The first-order valence-electron chi connectivity index (χ1n) is 6.93. The Bertz CT molecular complexity index is 645. The Morgan fingerprint density at radius 1 is 1.55 bits per heavy atom. The van der Waals surface area contributed by atoms with Crippen molar-refractivity contribution < 1.29 is 17.9 Å². The number of piperidine rings is 1. The van der Waals surface area contributed by atoms with Crippen LogP contribution in [0.15, 0.2) is 41.8 Å². The number of aromatic nitrogens is 1. The van der Waals surface area contributed by atoms with Crippen LogP contribution < -0.4 is 5.32 Å². The van der Waals surface area contributed by atoms with E-state index in [1.54, 1.807) is 13.0 Å². The molecular weight excluding hydrogens is 306 g/mol. The topological polar surface area (TPSA) is 88.6 Å². The van der Waals surface area contributed by atoms with Crippen LogP contribution in [-0.2, 0) is 14.8 Å². The van der Waals surface area contributed by atoms with E-state index in [1.807, 2.05) is 0 Å². The molecule has 22 heavy (non-hydrogen) atoms. The number of ether oxygens (including phenoxy) is 1. The van der Waals surface area contributed by atoms with Gasteiger partial charge in [0.25, 0.3) is 0 Å². The Balaban J connectivity index is 2.04. The third-order valence-corrected chi connectivity index (χ3v) is 5.09. The molecule has 1 saturated heterocycles. The maximum Gasteiger partial charge on any atom is 0.412 e. The maximum absolute atomic E-state index is 12.5. The van der Waals surface area contributed by atoms with Crippen LogP contribution in [-0.4, -0.2) is 42.9 Å². The van der Waals surface area contributed by atoms with Crippen LogP contribution in [0.5, 0.6) is 0 Å². The molecule has 1 aliphatic heterocycles. The molecule has 0 aromatic carbocycles. The fraction of sp³-hybridized carbons (Fsp3) is 0.429. The molecular formula is C14H19N3O4S. The summed E-state index contributed by atoms with van der Waals surface area (Å²) in [7, 11) is -3.59. The molecule has 1 aliphatic rings. The molecule has 1 aromatic rings. The maximum atomic E-state index is 12.5. The molecule has 1 atom stereocenters. The fourth-order valence-corrected chi connectivity index (χ4v) is 3.77. The molecule has 2 heterocycles. The second-order valence-corrected chi connectivity index (χ2v) is 7.06. The van der Waals surface area contributed by atoms with Crippen LogP contribution in [0, 0.1) is 0 Å². The summed E-state index contributed by atoms with van der Waals surface area (Å²) in [5, 5.41) is 2.66. The summed E-state index contributed by atoms with van der Waals surface area (Å²) < 4.78 is 31.2. The third kappa shape index (κ3) is 4.05. The van der Waals surface area contributed by atoms with E-state index in [0.717, 1.165) is 0 Å². The first-order chi connectivity index (χ1) is 10.4. The number of allylic oxidation sites excluding steroid dienone is 1. The van der Waals surface area contributed by atoms with E-state index in [-0.39, 0.29) is 23.2 Å². The zero-order valence-corrected chi connectivity index (χ0v) is 13.2. The lowest BCUT2D eigenvalue weighted by atomic mass is 10.1.